The number of rotatable bonds is 5. The largest absolute Gasteiger partial charge is 0.573 e. The van der Waals surface area contributed by atoms with E-state index in [1.807, 2.05) is 0 Å². The molecule has 0 fully saturated rings. The zero-order chi connectivity index (χ0) is 17.6. The molecule has 1 aromatic carbocycles. The van der Waals surface area contributed by atoms with Crippen molar-refractivity contribution in [2.75, 3.05) is 0 Å². The number of benzene rings is 1. The Morgan fingerprint density at radius 3 is 2.42 bits per heavy atom. The van der Waals surface area contributed by atoms with Crippen LogP contribution in [0.4, 0.5) is 13.2 Å². The molecule has 24 heavy (non-hydrogen) atoms. The highest BCUT2D eigenvalue weighted by Crippen LogP contribution is 2.22. The van der Waals surface area contributed by atoms with Gasteiger partial charge in [0.2, 0.25) is 0 Å². The van der Waals surface area contributed by atoms with Crippen molar-refractivity contribution in [3.05, 3.63) is 58.9 Å². The quantitative estimate of drug-likeness (QED) is 0.489. The van der Waals surface area contributed by atoms with Gasteiger partial charge in [0.15, 0.2) is 5.96 Å². The summed E-state index contributed by atoms with van der Waals surface area (Å²) >= 11 is 5.68. The maximum atomic E-state index is 12.1. The molecule has 1 aromatic heterocycles. The van der Waals surface area contributed by atoms with Crippen molar-refractivity contribution in [2.24, 2.45) is 10.7 Å². The molecule has 0 aliphatic heterocycles. The number of alkyl halides is 3. The molecule has 1 heterocycles. The van der Waals surface area contributed by atoms with Gasteiger partial charge in [0, 0.05) is 12.7 Å². The summed E-state index contributed by atoms with van der Waals surface area (Å²) in [6.45, 7) is 0.655. The van der Waals surface area contributed by atoms with E-state index in [0.717, 1.165) is 11.1 Å². The lowest BCUT2D eigenvalue weighted by atomic mass is 10.2. The van der Waals surface area contributed by atoms with E-state index in [1.54, 1.807) is 18.3 Å². The molecule has 2 aromatic rings. The number of ether oxygens (including phenoxy) is 1. The number of aliphatic imine (C=N–C) groups is 1. The van der Waals surface area contributed by atoms with E-state index in [1.165, 1.54) is 24.3 Å². The van der Waals surface area contributed by atoms with Gasteiger partial charge in [0.1, 0.15) is 10.9 Å². The van der Waals surface area contributed by atoms with Gasteiger partial charge in [-0.2, -0.15) is 0 Å². The first-order valence-corrected chi connectivity index (χ1v) is 7.18. The maximum Gasteiger partial charge on any atom is 0.573 e. The van der Waals surface area contributed by atoms with Crippen molar-refractivity contribution in [1.29, 1.82) is 0 Å². The van der Waals surface area contributed by atoms with Crippen molar-refractivity contribution in [3.8, 4) is 5.75 Å². The highest BCUT2D eigenvalue weighted by Gasteiger charge is 2.30. The number of hydrogen-bond donors (Lipinski definition) is 2. The molecule has 0 aliphatic rings. The molecule has 2 rings (SSSR count). The van der Waals surface area contributed by atoms with Crippen LogP contribution in [0.3, 0.4) is 0 Å². The topological polar surface area (TPSA) is 72.5 Å². The van der Waals surface area contributed by atoms with Crippen LogP contribution in [0.15, 0.2) is 47.6 Å². The van der Waals surface area contributed by atoms with Crippen molar-refractivity contribution in [3.63, 3.8) is 0 Å². The van der Waals surface area contributed by atoms with Crippen LogP contribution in [0.2, 0.25) is 5.15 Å². The molecule has 128 valence electrons. The lowest BCUT2D eigenvalue weighted by Crippen LogP contribution is -2.31. The molecular formula is C15H14ClF3N4O. The summed E-state index contributed by atoms with van der Waals surface area (Å²) in [5.74, 6) is -0.0660. The second kappa shape index (κ2) is 7.87. The van der Waals surface area contributed by atoms with E-state index in [4.69, 9.17) is 17.3 Å². The molecule has 5 nitrogen and oxygen atoms in total. The Kier molecular flexibility index (Phi) is 5.86. The third kappa shape index (κ3) is 6.33. The van der Waals surface area contributed by atoms with E-state index in [2.05, 4.69) is 20.0 Å². The Morgan fingerprint density at radius 1 is 1.17 bits per heavy atom. The Morgan fingerprint density at radius 2 is 1.83 bits per heavy atom. The minimum Gasteiger partial charge on any atom is -0.406 e. The summed E-state index contributed by atoms with van der Waals surface area (Å²) in [7, 11) is 0. The van der Waals surface area contributed by atoms with Gasteiger partial charge < -0.3 is 15.8 Å². The predicted octanol–water partition coefficient (Wildman–Crippen LogP) is 3.24. The summed E-state index contributed by atoms with van der Waals surface area (Å²) in [5, 5.41) is 3.26. The number of guanidine groups is 1. The lowest BCUT2D eigenvalue weighted by Gasteiger charge is -2.10. The molecule has 0 bridgehead atoms. The van der Waals surface area contributed by atoms with Crippen molar-refractivity contribution < 1.29 is 17.9 Å². The van der Waals surface area contributed by atoms with Crippen molar-refractivity contribution in [1.82, 2.24) is 10.3 Å². The first-order chi connectivity index (χ1) is 11.3. The first kappa shape index (κ1) is 17.9. The number of hydrogen-bond acceptors (Lipinski definition) is 3. The van der Waals surface area contributed by atoms with Gasteiger partial charge in [-0.25, -0.2) is 9.98 Å². The number of pyridine rings is 1. The van der Waals surface area contributed by atoms with Gasteiger partial charge in [0.05, 0.1) is 6.54 Å². The minimum atomic E-state index is -4.70. The fourth-order valence-electron chi connectivity index (χ4n) is 1.73. The van der Waals surface area contributed by atoms with Crippen LogP contribution in [0.5, 0.6) is 5.75 Å². The number of nitrogens with one attached hydrogen (secondary N) is 1. The molecule has 0 saturated heterocycles. The van der Waals surface area contributed by atoms with E-state index >= 15 is 0 Å². The number of nitrogens with two attached hydrogens (primary N) is 1. The second-order valence-corrected chi connectivity index (χ2v) is 5.12. The maximum absolute atomic E-state index is 12.1. The average Bonchev–Trinajstić information content (AvgIpc) is 2.52. The van der Waals surface area contributed by atoms with Crippen LogP contribution < -0.4 is 15.8 Å². The molecular weight excluding hydrogens is 345 g/mol. The van der Waals surface area contributed by atoms with Crippen LogP contribution in [-0.2, 0) is 13.1 Å². The summed E-state index contributed by atoms with van der Waals surface area (Å²) in [5.41, 5.74) is 7.31. The molecule has 0 unspecified atom stereocenters. The average molecular weight is 359 g/mol. The van der Waals surface area contributed by atoms with Gasteiger partial charge in [0.25, 0.3) is 0 Å². The zero-order valence-electron chi connectivity index (χ0n) is 12.3. The molecule has 3 N–H and O–H groups in total. The molecule has 0 radical (unpaired) electrons. The number of halogens is 4. The number of nitrogens with zero attached hydrogens (tertiary/aromatic N) is 2. The Bertz CT molecular complexity index is 687. The normalized spacial score (nSPS) is 12.1. The monoisotopic (exact) mass is 358 g/mol. The van der Waals surface area contributed by atoms with Crippen LogP contribution in [-0.4, -0.2) is 17.3 Å². The standard InChI is InChI=1S/C15H14ClF3N4O/c16-13-6-3-11(8-21-13)9-23-14(20)22-7-10-1-4-12(5-2-10)24-15(17,18)19/h1-6,8H,7,9H2,(H3,20,22,23). The molecule has 0 spiro atoms. The molecule has 9 heteroatoms. The predicted molar refractivity (Wildman–Crippen MR) is 84.5 cm³/mol. The van der Waals surface area contributed by atoms with Gasteiger partial charge in [-0.1, -0.05) is 29.8 Å². The van der Waals surface area contributed by atoms with E-state index in [9.17, 15) is 13.2 Å². The van der Waals surface area contributed by atoms with Crippen LogP contribution in [0.25, 0.3) is 0 Å². The Balaban J connectivity index is 1.83. The number of aromatic nitrogens is 1. The van der Waals surface area contributed by atoms with Crippen LogP contribution >= 0.6 is 11.6 Å². The summed E-state index contributed by atoms with van der Waals surface area (Å²) in [4.78, 5) is 8.06. The summed E-state index contributed by atoms with van der Waals surface area (Å²) in [6, 6.07) is 8.91. The third-order valence-electron chi connectivity index (χ3n) is 2.85. The molecule has 0 saturated carbocycles. The smallest absolute Gasteiger partial charge is 0.406 e. The fraction of sp³-hybridized carbons (Fsp3) is 0.200. The summed E-state index contributed by atoms with van der Waals surface area (Å²) < 4.78 is 40.0. The van der Waals surface area contributed by atoms with Crippen LogP contribution in [0, 0.1) is 0 Å². The van der Waals surface area contributed by atoms with Crippen molar-refractivity contribution in [2.45, 2.75) is 19.5 Å². The third-order valence-corrected chi connectivity index (χ3v) is 3.07. The molecule has 0 atom stereocenters. The molecule has 0 aliphatic carbocycles. The highest BCUT2D eigenvalue weighted by molar-refractivity contribution is 6.29. The highest BCUT2D eigenvalue weighted by atomic mass is 35.5. The SMILES string of the molecule is NC(=NCc1ccc(Cl)nc1)NCc1ccc(OC(F)(F)F)cc1. The van der Waals surface area contributed by atoms with Gasteiger partial charge in [-0.05, 0) is 29.3 Å². The van der Waals surface area contributed by atoms with E-state index in [0.29, 0.717) is 18.2 Å². The van der Waals surface area contributed by atoms with Crippen molar-refractivity contribution >= 4 is 17.6 Å². The Labute approximate surface area is 141 Å². The lowest BCUT2D eigenvalue weighted by molar-refractivity contribution is -0.274. The van der Waals surface area contributed by atoms with E-state index < -0.39 is 6.36 Å². The van der Waals surface area contributed by atoms with Gasteiger partial charge in [-0.15, -0.1) is 13.2 Å². The Hall–Kier alpha value is -2.48. The van der Waals surface area contributed by atoms with Crippen LogP contribution in [0.1, 0.15) is 11.1 Å². The van der Waals surface area contributed by atoms with E-state index in [-0.39, 0.29) is 11.7 Å². The summed E-state index contributed by atoms with van der Waals surface area (Å²) in [6.07, 6.45) is -3.11. The fourth-order valence-corrected chi connectivity index (χ4v) is 1.85. The minimum absolute atomic E-state index is 0.209. The van der Waals surface area contributed by atoms with Gasteiger partial charge in [-0.3, -0.25) is 0 Å². The zero-order valence-corrected chi connectivity index (χ0v) is 13.1. The second-order valence-electron chi connectivity index (χ2n) is 4.74. The molecule has 0 amide bonds. The van der Waals surface area contributed by atoms with Gasteiger partial charge >= 0.3 is 6.36 Å². The first-order valence-electron chi connectivity index (χ1n) is 6.81.